The maximum Gasteiger partial charge on any atom is 0.123 e. The first-order valence-corrected chi connectivity index (χ1v) is 7.43. The van der Waals surface area contributed by atoms with E-state index in [-0.39, 0.29) is 0 Å². The molecule has 21 heavy (non-hydrogen) atoms. The molecule has 0 unspecified atom stereocenters. The van der Waals surface area contributed by atoms with Crippen molar-refractivity contribution < 1.29 is 9.15 Å². The van der Waals surface area contributed by atoms with Gasteiger partial charge in [0.05, 0.1) is 12.8 Å². The third-order valence-electron chi connectivity index (χ3n) is 3.41. The van der Waals surface area contributed by atoms with Gasteiger partial charge in [0.1, 0.15) is 18.1 Å². The molecule has 1 N–H and O–H groups in total. The summed E-state index contributed by atoms with van der Waals surface area (Å²) in [6.07, 6.45) is 1.72. The number of para-hydroxylation sites is 1. The van der Waals surface area contributed by atoms with Gasteiger partial charge in [-0.15, -0.1) is 0 Å². The van der Waals surface area contributed by atoms with Crippen LogP contribution >= 0.6 is 0 Å². The molecule has 4 heteroatoms. The van der Waals surface area contributed by atoms with Gasteiger partial charge in [0.2, 0.25) is 0 Å². The van der Waals surface area contributed by atoms with Gasteiger partial charge in [-0.1, -0.05) is 25.1 Å². The number of nitrogens with zero attached hydrogens (tertiary/aromatic N) is 1. The van der Waals surface area contributed by atoms with Crippen LogP contribution < -0.4 is 10.1 Å². The van der Waals surface area contributed by atoms with Crippen LogP contribution in [-0.4, -0.2) is 31.6 Å². The average Bonchev–Trinajstić information content (AvgIpc) is 3.01. The SMILES string of the molecule is CCN(CCOc1ccccc1CNC)Cc1ccco1. The quantitative estimate of drug-likeness (QED) is 0.770. The number of rotatable bonds is 9. The van der Waals surface area contributed by atoms with Gasteiger partial charge < -0.3 is 14.5 Å². The van der Waals surface area contributed by atoms with Crippen LogP contribution in [0.2, 0.25) is 0 Å². The fraction of sp³-hybridized carbons (Fsp3) is 0.412. The van der Waals surface area contributed by atoms with Crippen LogP contribution in [0, 0.1) is 0 Å². The van der Waals surface area contributed by atoms with Crippen LogP contribution in [0.3, 0.4) is 0 Å². The van der Waals surface area contributed by atoms with Crippen LogP contribution in [-0.2, 0) is 13.1 Å². The molecule has 0 aliphatic rings. The zero-order valence-electron chi connectivity index (χ0n) is 12.8. The first-order valence-electron chi connectivity index (χ1n) is 7.43. The largest absolute Gasteiger partial charge is 0.492 e. The van der Waals surface area contributed by atoms with Crippen LogP contribution in [0.25, 0.3) is 0 Å². The van der Waals surface area contributed by atoms with Crippen molar-refractivity contribution in [3.8, 4) is 5.75 Å². The first-order chi connectivity index (χ1) is 10.3. The molecule has 1 aromatic heterocycles. The summed E-state index contributed by atoms with van der Waals surface area (Å²) in [6.45, 7) is 6.32. The van der Waals surface area contributed by atoms with Crippen LogP contribution in [0.4, 0.5) is 0 Å². The standard InChI is InChI=1S/C17H24N2O2/c1-3-19(14-16-8-6-11-20-16)10-12-21-17-9-5-4-7-15(17)13-18-2/h4-9,11,18H,3,10,12-14H2,1-2H3. The van der Waals surface area contributed by atoms with Crippen molar-refractivity contribution in [2.24, 2.45) is 0 Å². The molecule has 0 radical (unpaired) electrons. The molecule has 4 nitrogen and oxygen atoms in total. The lowest BCUT2D eigenvalue weighted by atomic mass is 10.2. The Hall–Kier alpha value is -1.78. The average molecular weight is 288 g/mol. The number of hydrogen-bond acceptors (Lipinski definition) is 4. The zero-order valence-corrected chi connectivity index (χ0v) is 12.8. The highest BCUT2D eigenvalue weighted by molar-refractivity contribution is 5.33. The van der Waals surface area contributed by atoms with E-state index in [1.165, 1.54) is 5.56 Å². The Bertz CT molecular complexity index is 511. The molecule has 0 saturated carbocycles. The zero-order chi connectivity index (χ0) is 14.9. The van der Waals surface area contributed by atoms with E-state index >= 15 is 0 Å². The minimum Gasteiger partial charge on any atom is -0.492 e. The van der Waals surface area contributed by atoms with Crippen molar-refractivity contribution in [2.45, 2.75) is 20.0 Å². The molecule has 2 aromatic rings. The van der Waals surface area contributed by atoms with Crippen molar-refractivity contribution >= 4 is 0 Å². The van der Waals surface area contributed by atoms with E-state index in [2.05, 4.69) is 23.2 Å². The number of benzene rings is 1. The number of ether oxygens (including phenoxy) is 1. The van der Waals surface area contributed by atoms with Crippen LogP contribution in [0.15, 0.2) is 47.1 Å². The van der Waals surface area contributed by atoms with E-state index in [1.807, 2.05) is 37.4 Å². The summed E-state index contributed by atoms with van der Waals surface area (Å²) >= 11 is 0. The highest BCUT2D eigenvalue weighted by atomic mass is 16.5. The molecule has 0 saturated heterocycles. The summed E-state index contributed by atoms with van der Waals surface area (Å²) in [5.74, 6) is 1.95. The molecular formula is C17H24N2O2. The number of nitrogens with one attached hydrogen (secondary N) is 1. The Morgan fingerprint density at radius 2 is 2.05 bits per heavy atom. The van der Waals surface area contributed by atoms with Crippen molar-refractivity contribution in [1.82, 2.24) is 10.2 Å². The molecule has 0 bridgehead atoms. The second kappa shape index (κ2) is 8.49. The monoisotopic (exact) mass is 288 g/mol. The maximum absolute atomic E-state index is 5.93. The van der Waals surface area contributed by atoms with Gasteiger partial charge in [-0.3, -0.25) is 4.90 Å². The van der Waals surface area contributed by atoms with Gasteiger partial charge in [-0.25, -0.2) is 0 Å². The second-order valence-corrected chi connectivity index (χ2v) is 4.93. The van der Waals surface area contributed by atoms with Gasteiger partial charge in [0.25, 0.3) is 0 Å². The molecule has 0 amide bonds. The van der Waals surface area contributed by atoms with Gasteiger partial charge in [-0.05, 0) is 31.8 Å². The highest BCUT2D eigenvalue weighted by Crippen LogP contribution is 2.17. The Balaban J connectivity index is 1.82. The van der Waals surface area contributed by atoms with Gasteiger partial charge in [0.15, 0.2) is 0 Å². The minimum absolute atomic E-state index is 0.676. The fourth-order valence-corrected chi connectivity index (χ4v) is 2.24. The molecule has 0 aliphatic carbocycles. The normalized spacial score (nSPS) is 11.0. The molecule has 1 heterocycles. The third-order valence-corrected chi connectivity index (χ3v) is 3.41. The number of furan rings is 1. The Labute approximate surface area is 126 Å². The number of hydrogen-bond donors (Lipinski definition) is 1. The van der Waals surface area contributed by atoms with Crippen molar-refractivity contribution in [3.63, 3.8) is 0 Å². The van der Waals surface area contributed by atoms with Crippen molar-refractivity contribution in [2.75, 3.05) is 26.7 Å². The van der Waals surface area contributed by atoms with E-state index in [0.29, 0.717) is 6.61 Å². The van der Waals surface area contributed by atoms with E-state index in [1.54, 1.807) is 6.26 Å². The Morgan fingerprint density at radius 3 is 2.76 bits per heavy atom. The molecular weight excluding hydrogens is 264 g/mol. The smallest absolute Gasteiger partial charge is 0.123 e. The van der Waals surface area contributed by atoms with Gasteiger partial charge >= 0.3 is 0 Å². The van der Waals surface area contributed by atoms with E-state index < -0.39 is 0 Å². The van der Waals surface area contributed by atoms with E-state index in [0.717, 1.165) is 37.7 Å². The summed E-state index contributed by atoms with van der Waals surface area (Å²) in [7, 11) is 1.94. The van der Waals surface area contributed by atoms with E-state index in [9.17, 15) is 0 Å². The first kappa shape index (κ1) is 15.6. The molecule has 0 fully saturated rings. The molecule has 0 aliphatic heterocycles. The molecule has 1 aromatic carbocycles. The van der Waals surface area contributed by atoms with Gasteiger partial charge in [-0.2, -0.15) is 0 Å². The molecule has 0 spiro atoms. The predicted octanol–water partition coefficient (Wildman–Crippen LogP) is 2.90. The summed E-state index contributed by atoms with van der Waals surface area (Å²) in [4.78, 5) is 2.31. The lowest BCUT2D eigenvalue weighted by Gasteiger charge is -2.20. The molecule has 2 rings (SSSR count). The summed E-state index contributed by atoms with van der Waals surface area (Å²) in [6, 6.07) is 12.1. The fourth-order valence-electron chi connectivity index (χ4n) is 2.24. The number of likely N-dealkylation sites (N-methyl/N-ethyl adjacent to an activating group) is 1. The Kier molecular flexibility index (Phi) is 6.31. The van der Waals surface area contributed by atoms with E-state index in [4.69, 9.17) is 9.15 Å². The predicted molar refractivity (Wildman–Crippen MR) is 84.4 cm³/mol. The highest BCUT2D eigenvalue weighted by Gasteiger charge is 2.07. The lowest BCUT2D eigenvalue weighted by Crippen LogP contribution is -2.27. The lowest BCUT2D eigenvalue weighted by molar-refractivity contribution is 0.198. The minimum atomic E-state index is 0.676. The third kappa shape index (κ3) is 4.92. The summed E-state index contributed by atoms with van der Waals surface area (Å²) in [5.41, 5.74) is 1.19. The maximum atomic E-state index is 5.93. The topological polar surface area (TPSA) is 37.6 Å². The van der Waals surface area contributed by atoms with Crippen molar-refractivity contribution in [1.29, 1.82) is 0 Å². The summed E-state index contributed by atoms with van der Waals surface area (Å²) in [5, 5.41) is 3.16. The Morgan fingerprint density at radius 1 is 1.19 bits per heavy atom. The second-order valence-electron chi connectivity index (χ2n) is 4.93. The van der Waals surface area contributed by atoms with Crippen LogP contribution in [0.1, 0.15) is 18.2 Å². The van der Waals surface area contributed by atoms with Crippen molar-refractivity contribution in [3.05, 3.63) is 54.0 Å². The molecule has 114 valence electrons. The molecule has 0 atom stereocenters. The summed E-state index contributed by atoms with van der Waals surface area (Å²) < 4.78 is 11.3. The van der Waals surface area contributed by atoms with Crippen LogP contribution in [0.5, 0.6) is 5.75 Å². The van der Waals surface area contributed by atoms with Gasteiger partial charge in [0, 0.05) is 18.7 Å².